The Kier molecular flexibility index (Phi) is 5.18. The maximum absolute atomic E-state index is 13.2. The van der Waals surface area contributed by atoms with Crippen LogP contribution < -0.4 is 5.32 Å². The van der Waals surface area contributed by atoms with Crippen LogP contribution in [0, 0.1) is 5.82 Å². The minimum atomic E-state index is -3.91. The van der Waals surface area contributed by atoms with Gasteiger partial charge in [0.15, 0.2) is 0 Å². The Morgan fingerprint density at radius 2 is 1.90 bits per heavy atom. The van der Waals surface area contributed by atoms with Crippen LogP contribution >= 0.6 is 11.8 Å². The zero-order valence-corrected chi connectivity index (χ0v) is 16.8. The summed E-state index contributed by atoms with van der Waals surface area (Å²) >= 11 is 1.20. The van der Waals surface area contributed by atoms with E-state index in [-0.39, 0.29) is 27.4 Å². The van der Waals surface area contributed by atoms with Crippen LogP contribution in [0.1, 0.15) is 6.42 Å². The summed E-state index contributed by atoms with van der Waals surface area (Å²) in [7, 11) is -3.91. The molecule has 150 valence electrons. The topological polar surface area (TPSA) is 85.2 Å². The molecule has 6 nitrogen and oxygen atoms in total. The molecular formula is C20H17FN2O4S2. The van der Waals surface area contributed by atoms with Gasteiger partial charge in [0.2, 0.25) is 20.9 Å². The van der Waals surface area contributed by atoms with Gasteiger partial charge in [-0.05, 0) is 36.8 Å². The number of para-hydroxylation sites is 1. The van der Waals surface area contributed by atoms with Gasteiger partial charge in [0.25, 0.3) is 0 Å². The van der Waals surface area contributed by atoms with E-state index in [1.807, 2.05) is 0 Å². The van der Waals surface area contributed by atoms with E-state index in [4.69, 9.17) is 0 Å². The molecule has 1 atom stereocenters. The highest BCUT2D eigenvalue weighted by Crippen LogP contribution is 2.30. The number of fused-ring (bicyclic) bond motifs is 1. The summed E-state index contributed by atoms with van der Waals surface area (Å²) in [6.45, 7) is -0.117. The third-order valence-electron chi connectivity index (χ3n) is 4.75. The summed E-state index contributed by atoms with van der Waals surface area (Å²) in [5.41, 5.74) is 0.579. The molecule has 0 radical (unpaired) electrons. The number of carbonyl (C=O) groups excluding carboxylic acids is 2. The van der Waals surface area contributed by atoms with Crippen molar-refractivity contribution >= 4 is 43.5 Å². The first-order valence-corrected chi connectivity index (χ1v) is 11.4. The van der Waals surface area contributed by atoms with Crippen molar-refractivity contribution in [1.82, 2.24) is 9.88 Å². The molecule has 2 aromatic carbocycles. The number of nitrogens with zero attached hydrogens (tertiary/aromatic N) is 1. The smallest absolute Gasteiger partial charge is 0.240 e. The van der Waals surface area contributed by atoms with Gasteiger partial charge in [-0.25, -0.2) is 12.8 Å². The minimum absolute atomic E-state index is 0.0279. The van der Waals surface area contributed by atoms with Crippen molar-refractivity contribution in [3.63, 3.8) is 0 Å². The monoisotopic (exact) mass is 432 g/mol. The molecule has 1 aliphatic heterocycles. The number of halogens is 1. The Hall–Kier alpha value is -2.65. The van der Waals surface area contributed by atoms with Gasteiger partial charge in [-0.3, -0.25) is 9.59 Å². The molecular weight excluding hydrogens is 415 g/mol. The van der Waals surface area contributed by atoms with E-state index in [0.29, 0.717) is 23.1 Å². The molecule has 29 heavy (non-hydrogen) atoms. The number of thioether (sulfide) groups is 1. The molecule has 9 heteroatoms. The number of benzene rings is 2. The van der Waals surface area contributed by atoms with E-state index in [1.165, 1.54) is 30.1 Å². The summed E-state index contributed by atoms with van der Waals surface area (Å²) in [5.74, 6) is -0.212. The molecule has 1 N–H and O–H groups in total. The number of rotatable bonds is 5. The fraction of sp³-hybridized carbons (Fsp3) is 0.200. The van der Waals surface area contributed by atoms with Crippen molar-refractivity contribution in [2.45, 2.75) is 28.8 Å². The zero-order valence-electron chi connectivity index (χ0n) is 15.2. The first-order valence-electron chi connectivity index (χ1n) is 8.91. The maximum atomic E-state index is 13.2. The van der Waals surface area contributed by atoms with Crippen LogP contribution in [0.2, 0.25) is 0 Å². The number of carbonyl (C=O) groups is 2. The van der Waals surface area contributed by atoms with Crippen molar-refractivity contribution in [1.29, 1.82) is 0 Å². The summed E-state index contributed by atoms with van der Waals surface area (Å²) in [5, 5.41) is 3.12. The predicted molar refractivity (Wildman–Crippen MR) is 108 cm³/mol. The van der Waals surface area contributed by atoms with Crippen molar-refractivity contribution < 1.29 is 22.4 Å². The lowest BCUT2D eigenvalue weighted by Crippen LogP contribution is -2.38. The van der Waals surface area contributed by atoms with Crippen LogP contribution in [0.15, 0.2) is 64.5 Å². The van der Waals surface area contributed by atoms with Crippen LogP contribution in [0.5, 0.6) is 0 Å². The van der Waals surface area contributed by atoms with Crippen LogP contribution in [0.25, 0.3) is 10.9 Å². The second-order valence-corrected chi connectivity index (χ2v) is 9.69. The fourth-order valence-electron chi connectivity index (χ4n) is 3.32. The molecule has 1 unspecified atom stereocenters. The number of aromatic nitrogens is 1. The molecule has 4 rings (SSSR count). The van der Waals surface area contributed by atoms with Crippen LogP contribution in [-0.2, 0) is 26.0 Å². The van der Waals surface area contributed by atoms with Gasteiger partial charge in [-0.15, -0.1) is 0 Å². The lowest BCUT2D eigenvalue weighted by atomic mass is 10.2. The highest BCUT2D eigenvalue weighted by Gasteiger charge is 2.28. The van der Waals surface area contributed by atoms with E-state index < -0.39 is 21.7 Å². The molecule has 1 saturated heterocycles. The second kappa shape index (κ2) is 7.64. The van der Waals surface area contributed by atoms with E-state index in [9.17, 15) is 22.4 Å². The van der Waals surface area contributed by atoms with Crippen molar-refractivity contribution in [2.75, 3.05) is 5.75 Å². The molecule has 1 aliphatic rings. The maximum Gasteiger partial charge on any atom is 0.240 e. The molecule has 1 amide bonds. The molecule has 1 fully saturated rings. The highest BCUT2D eigenvalue weighted by atomic mass is 32.2. The zero-order chi connectivity index (χ0) is 20.6. The van der Waals surface area contributed by atoms with Gasteiger partial charge in [-0.2, -0.15) is 0 Å². The molecule has 3 aromatic rings. The van der Waals surface area contributed by atoms with Gasteiger partial charge in [0, 0.05) is 22.9 Å². The molecule has 0 aliphatic carbocycles. The predicted octanol–water partition coefficient (Wildman–Crippen LogP) is 2.76. The molecule has 0 saturated carbocycles. The second-order valence-electron chi connectivity index (χ2n) is 6.67. The Labute approximate surface area is 171 Å². The molecule has 1 aromatic heterocycles. The summed E-state index contributed by atoms with van der Waals surface area (Å²) < 4.78 is 40.9. The quantitative estimate of drug-likeness (QED) is 0.627. The van der Waals surface area contributed by atoms with E-state index >= 15 is 0 Å². The lowest BCUT2D eigenvalue weighted by Gasteiger charge is -2.11. The Balaban J connectivity index is 1.69. The van der Waals surface area contributed by atoms with Gasteiger partial charge >= 0.3 is 0 Å². The lowest BCUT2D eigenvalue weighted by molar-refractivity contribution is -0.124. The van der Waals surface area contributed by atoms with E-state index in [0.717, 1.165) is 12.1 Å². The average Bonchev–Trinajstić information content (AvgIpc) is 3.26. The van der Waals surface area contributed by atoms with E-state index in [1.54, 1.807) is 28.8 Å². The van der Waals surface area contributed by atoms with Gasteiger partial charge in [0.05, 0.1) is 15.8 Å². The van der Waals surface area contributed by atoms with Crippen LogP contribution in [0.4, 0.5) is 4.39 Å². The standard InChI is InChI=1S/C20H17FN2O4S2/c21-13-5-7-14(8-6-13)29(26,27)18-11-23(17-4-2-1-3-15(17)18)12-19(24)22-16-9-10-28-20(16)25/h1-8,11,16H,9-10,12H2,(H,22,24). The number of hydrogen-bond donors (Lipinski definition) is 1. The van der Waals surface area contributed by atoms with Crippen LogP contribution in [-0.4, -0.2) is 35.8 Å². The normalized spacial score (nSPS) is 17.0. The Bertz CT molecular complexity index is 1200. The Morgan fingerprint density at radius 1 is 1.17 bits per heavy atom. The van der Waals surface area contributed by atoms with Crippen molar-refractivity contribution in [3.05, 3.63) is 60.5 Å². The number of hydrogen-bond acceptors (Lipinski definition) is 5. The van der Waals surface area contributed by atoms with Crippen LogP contribution in [0.3, 0.4) is 0 Å². The molecule has 2 heterocycles. The number of sulfone groups is 1. The fourth-order valence-corrected chi connectivity index (χ4v) is 5.73. The first kappa shape index (κ1) is 19.7. The van der Waals surface area contributed by atoms with Gasteiger partial charge in [-0.1, -0.05) is 30.0 Å². The molecule has 0 bridgehead atoms. The highest BCUT2D eigenvalue weighted by molar-refractivity contribution is 8.14. The third-order valence-corrected chi connectivity index (χ3v) is 7.56. The minimum Gasteiger partial charge on any atom is -0.344 e. The summed E-state index contributed by atoms with van der Waals surface area (Å²) in [4.78, 5) is 24.2. The van der Waals surface area contributed by atoms with Crippen molar-refractivity contribution in [2.24, 2.45) is 0 Å². The van der Waals surface area contributed by atoms with E-state index in [2.05, 4.69) is 5.32 Å². The first-order chi connectivity index (χ1) is 13.9. The van der Waals surface area contributed by atoms with Gasteiger partial charge < -0.3 is 9.88 Å². The largest absolute Gasteiger partial charge is 0.344 e. The van der Waals surface area contributed by atoms with Crippen molar-refractivity contribution in [3.8, 4) is 0 Å². The number of amides is 1. The summed E-state index contributed by atoms with van der Waals surface area (Å²) in [6.07, 6.45) is 2.00. The summed E-state index contributed by atoms with van der Waals surface area (Å²) in [6, 6.07) is 11.0. The third kappa shape index (κ3) is 3.79. The SMILES string of the molecule is O=C(Cn1cc(S(=O)(=O)c2ccc(F)cc2)c2ccccc21)NC1CCSC1=O. The van der Waals surface area contributed by atoms with Gasteiger partial charge in [0.1, 0.15) is 12.4 Å². The Morgan fingerprint density at radius 3 is 2.59 bits per heavy atom. The number of nitrogens with one attached hydrogen (secondary N) is 1. The molecule has 0 spiro atoms. The average molecular weight is 432 g/mol.